The summed E-state index contributed by atoms with van der Waals surface area (Å²) in [5, 5.41) is 2.87. The maximum absolute atomic E-state index is 14.0. The summed E-state index contributed by atoms with van der Waals surface area (Å²) in [5.41, 5.74) is 0.655. The first-order chi connectivity index (χ1) is 19.5. The van der Waals surface area contributed by atoms with Crippen LogP contribution in [0.1, 0.15) is 32.8 Å². The lowest BCUT2D eigenvalue weighted by atomic mass is 10.1. The molecule has 41 heavy (non-hydrogen) atoms. The van der Waals surface area contributed by atoms with Gasteiger partial charge in [0.15, 0.2) is 0 Å². The number of benzene rings is 3. The number of amides is 2. The summed E-state index contributed by atoms with van der Waals surface area (Å²) < 4.78 is 53.3. The number of sulfonamides is 1. The first-order valence-electron chi connectivity index (χ1n) is 13.2. The minimum absolute atomic E-state index is 0.0367. The first-order valence-corrected chi connectivity index (χ1v) is 14.6. The summed E-state index contributed by atoms with van der Waals surface area (Å²) in [5.74, 6) is -0.937. The molecule has 0 saturated heterocycles. The number of rotatable bonds is 13. The van der Waals surface area contributed by atoms with Crippen molar-refractivity contribution in [3.63, 3.8) is 0 Å². The molecule has 1 N–H and O–H groups in total. The van der Waals surface area contributed by atoms with E-state index >= 15 is 0 Å². The van der Waals surface area contributed by atoms with Crippen LogP contribution in [0.25, 0.3) is 0 Å². The number of halogens is 1. The molecule has 0 unspecified atom stereocenters. The van der Waals surface area contributed by atoms with Crippen LogP contribution in [0.3, 0.4) is 0 Å². The summed E-state index contributed by atoms with van der Waals surface area (Å²) in [7, 11) is -1.46. The summed E-state index contributed by atoms with van der Waals surface area (Å²) in [6.45, 7) is 4.64. The van der Waals surface area contributed by atoms with E-state index < -0.39 is 40.2 Å². The molecule has 0 spiro atoms. The number of methoxy groups -OCH3 is 2. The molecule has 3 aromatic rings. The quantitative estimate of drug-likeness (QED) is 0.320. The Balaban J connectivity index is 2.10. The second kappa shape index (κ2) is 14.0. The molecule has 0 aliphatic carbocycles. The molecule has 3 aromatic carbocycles. The zero-order chi connectivity index (χ0) is 30.2. The Labute approximate surface area is 240 Å². The Morgan fingerprint density at radius 3 is 2.20 bits per heavy atom. The van der Waals surface area contributed by atoms with E-state index in [4.69, 9.17) is 9.47 Å². The van der Waals surface area contributed by atoms with Crippen molar-refractivity contribution in [3.8, 4) is 11.5 Å². The van der Waals surface area contributed by atoms with E-state index in [-0.39, 0.29) is 28.9 Å². The van der Waals surface area contributed by atoms with Gasteiger partial charge < -0.3 is 19.7 Å². The fourth-order valence-electron chi connectivity index (χ4n) is 4.06. The van der Waals surface area contributed by atoms with Crippen molar-refractivity contribution in [1.82, 2.24) is 10.2 Å². The molecular formula is C30H36FN3O6S. The number of ether oxygens (including phenoxy) is 2. The third-order valence-electron chi connectivity index (χ3n) is 6.70. The minimum Gasteiger partial charge on any atom is -0.497 e. The predicted octanol–water partition coefficient (Wildman–Crippen LogP) is 4.37. The Morgan fingerprint density at radius 1 is 0.951 bits per heavy atom. The van der Waals surface area contributed by atoms with E-state index in [1.165, 1.54) is 61.6 Å². The van der Waals surface area contributed by atoms with Gasteiger partial charge in [0.25, 0.3) is 10.0 Å². The first kappa shape index (κ1) is 31.4. The highest BCUT2D eigenvalue weighted by Gasteiger charge is 2.34. The van der Waals surface area contributed by atoms with Gasteiger partial charge in [-0.05, 0) is 62.2 Å². The van der Waals surface area contributed by atoms with Gasteiger partial charge in [-0.2, -0.15) is 0 Å². The minimum atomic E-state index is -4.29. The Bertz CT molecular complexity index is 1430. The zero-order valence-corrected chi connectivity index (χ0v) is 24.7. The molecule has 0 aliphatic heterocycles. The topological polar surface area (TPSA) is 105 Å². The van der Waals surface area contributed by atoms with Gasteiger partial charge >= 0.3 is 0 Å². The van der Waals surface area contributed by atoms with Gasteiger partial charge in [-0.15, -0.1) is 0 Å². The van der Waals surface area contributed by atoms with Crippen molar-refractivity contribution >= 4 is 27.5 Å². The average molecular weight is 586 g/mol. The predicted molar refractivity (Wildman–Crippen MR) is 155 cm³/mol. The van der Waals surface area contributed by atoms with Gasteiger partial charge in [0.2, 0.25) is 11.8 Å². The summed E-state index contributed by atoms with van der Waals surface area (Å²) in [6.07, 6.45) is 0.684. The van der Waals surface area contributed by atoms with Crippen LogP contribution in [0.2, 0.25) is 0 Å². The number of carbonyl (C=O) groups is 2. The fraction of sp³-hybridized carbons (Fsp3) is 0.333. The van der Waals surface area contributed by atoms with Crippen LogP contribution < -0.4 is 19.1 Å². The lowest BCUT2D eigenvalue weighted by Crippen LogP contribution is -2.52. The molecule has 0 fully saturated rings. The number of carbonyl (C=O) groups excluding carboxylic acids is 2. The van der Waals surface area contributed by atoms with Gasteiger partial charge in [0, 0.05) is 18.7 Å². The maximum Gasteiger partial charge on any atom is 0.264 e. The molecule has 2 atom stereocenters. The van der Waals surface area contributed by atoms with Crippen molar-refractivity contribution in [2.45, 2.75) is 50.7 Å². The largest absolute Gasteiger partial charge is 0.497 e. The maximum atomic E-state index is 14.0. The van der Waals surface area contributed by atoms with Crippen LogP contribution in [0.4, 0.5) is 10.1 Å². The third-order valence-corrected chi connectivity index (χ3v) is 8.47. The van der Waals surface area contributed by atoms with E-state index in [0.717, 1.165) is 4.31 Å². The molecule has 0 heterocycles. The number of anilines is 1. The smallest absolute Gasteiger partial charge is 0.264 e. The number of nitrogens with zero attached hydrogens (tertiary/aromatic N) is 2. The molecule has 11 heteroatoms. The third kappa shape index (κ3) is 7.75. The molecule has 0 aliphatic rings. The number of hydrogen-bond donors (Lipinski definition) is 1. The van der Waals surface area contributed by atoms with E-state index in [9.17, 15) is 22.4 Å². The van der Waals surface area contributed by atoms with Crippen LogP contribution in [-0.2, 0) is 26.2 Å². The monoisotopic (exact) mass is 585 g/mol. The van der Waals surface area contributed by atoms with E-state index in [2.05, 4.69) is 5.32 Å². The molecule has 3 rings (SSSR count). The number of hydrogen-bond acceptors (Lipinski definition) is 6. The van der Waals surface area contributed by atoms with Gasteiger partial charge in [0.05, 0.1) is 24.8 Å². The molecule has 2 amide bonds. The van der Waals surface area contributed by atoms with Crippen LogP contribution in [0, 0.1) is 5.82 Å². The Kier molecular flexibility index (Phi) is 10.7. The molecule has 0 aromatic heterocycles. The second-order valence-corrected chi connectivity index (χ2v) is 11.4. The molecular weight excluding hydrogens is 549 g/mol. The highest BCUT2D eigenvalue weighted by Crippen LogP contribution is 2.36. The highest BCUT2D eigenvalue weighted by molar-refractivity contribution is 7.92. The van der Waals surface area contributed by atoms with Crippen LogP contribution in [-0.4, -0.2) is 58.0 Å². The summed E-state index contributed by atoms with van der Waals surface area (Å²) in [6, 6.07) is 16.8. The highest BCUT2D eigenvalue weighted by atomic mass is 32.2. The van der Waals surface area contributed by atoms with E-state index in [0.29, 0.717) is 17.7 Å². The molecule has 220 valence electrons. The van der Waals surface area contributed by atoms with Crippen LogP contribution >= 0.6 is 0 Å². The van der Waals surface area contributed by atoms with E-state index in [1.54, 1.807) is 37.3 Å². The number of nitrogens with one attached hydrogen (secondary N) is 1. The lowest BCUT2D eigenvalue weighted by Gasteiger charge is -2.33. The van der Waals surface area contributed by atoms with Crippen LogP contribution in [0.15, 0.2) is 77.7 Å². The van der Waals surface area contributed by atoms with Crippen molar-refractivity contribution in [1.29, 1.82) is 0 Å². The van der Waals surface area contributed by atoms with Gasteiger partial charge in [0.1, 0.15) is 29.9 Å². The fourth-order valence-corrected chi connectivity index (χ4v) is 5.50. The van der Waals surface area contributed by atoms with Gasteiger partial charge in [-0.25, -0.2) is 12.8 Å². The average Bonchev–Trinajstić information content (AvgIpc) is 2.98. The standard InChI is InChI=1S/C30H36FN3O6S/c1-6-21(2)32-30(36)22(3)33(19-23-12-14-24(31)15-13-23)29(35)20-34(41(37,38)26-10-8-7-9-11-26)27-18-25(39-4)16-17-28(27)40-5/h7-18,21-22H,6,19-20H2,1-5H3,(H,32,36)/t21-,22+/m1/s1. The van der Waals surface area contributed by atoms with Crippen molar-refractivity contribution < 1.29 is 31.9 Å². The SMILES string of the molecule is CC[C@@H](C)NC(=O)[C@H](C)N(Cc1ccc(F)cc1)C(=O)CN(c1cc(OC)ccc1OC)S(=O)(=O)c1ccccc1. The van der Waals surface area contributed by atoms with Gasteiger partial charge in [-0.3, -0.25) is 13.9 Å². The lowest BCUT2D eigenvalue weighted by molar-refractivity contribution is -0.139. The molecule has 9 nitrogen and oxygen atoms in total. The van der Waals surface area contributed by atoms with Crippen molar-refractivity contribution in [2.75, 3.05) is 25.1 Å². The zero-order valence-electron chi connectivity index (χ0n) is 23.8. The molecule has 0 saturated carbocycles. The van der Waals surface area contributed by atoms with Crippen LogP contribution in [0.5, 0.6) is 11.5 Å². The van der Waals surface area contributed by atoms with E-state index in [1.807, 2.05) is 13.8 Å². The van der Waals surface area contributed by atoms with Crippen molar-refractivity contribution in [3.05, 3.63) is 84.2 Å². The Morgan fingerprint density at radius 2 is 1.61 bits per heavy atom. The summed E-state index contributed by atoms with van der Waals surface area (Å²) in [4.78, 5) is 28.4. The second-order valence-electron chi connectivity index (χ2n) is 9.50. The molecule has 0 radical (unpaired) electrons. The summed E-state index contributed by atoms with van der Waals surface area (Å²) >= 11 is 0. The molecule has 0 bridgehead atoms. The van der Waals surface area contributed by atoms with Gasteiger partial charge in [-0.1, -0.05) is 37.3 Å². The Hall–Kier alpha value is -4.12. The van der Waals surface area contributed by atoms with Crippen molar-refractivity contribution in [2.24, 2.45) is 0 Å². The normalized spacial score (nSPS) is 12.6.